The van der Waals surface area contributed by atoms with Crippen LogP contribution in [0.25, 0.3) is 0 Å². The van der Waals surface area contributed by atoms with Crippen LogP contribution in [0.4, 0.5) is 0 Å². The van der Waals surface area contributed by atoms with E-state index in [1.165, 1.54) is 0 Å². The van der Waals surface area contributed by atoms with Crippen molar-refractivity contribution in [1.29, 1.82) is 0 Å². The molecule has 0 aromatic carbocycles. The SMILES string of the molecule is C=CC(=O)OCC(COCCC[Si](C)(C)O[Si](C)(C)CCCOCC(C)(COC(=O)C=C)OC(=O)C=C)OC(=O)C=C. The van der Waals surface area contributed by atoms with Crippen LogP contribution < -0.4 is 0 Å². The summed E-state index contributed by atoms with van der Waals surface area (Å²) in [7, 11) is -3.99. The number of carbonyl (C=O) groups excluding carboxylic acids is 4. The molecule has 0 N–H and O–H groups in total. The van der Waals surface area contributed by atoms with Crippen LogP contribution >= 0.6 is 0 Å². The van der Waals surface area contributed by atoms with Crippen molar-refractivity contribution in [2.24, 2.45) is 0 Å². The number of hydrogen-bond acceptors (Lipinski definition) is 11. The van der Waals surface area contributed by atoms with Gasteiger partial charge < -0.3 is 32.5 Å². The molecule has 0 radical (unpaired) electrons. The van der Waals surface area contributed by atoms with Gasteiger partial charge in [0.1, 0.15) is 13.2 Å². The molecule has 42 heavy (non-hydrogen) atoms. The largest absolute Gasteiger partial charge is 0.458 e. The Morgan fingerprint density at radius 1 is 0.690 bits per heavy atom. The first kappa shape index (κ1) is 39.2. The highest BCUT2D eigenvalue weighted by atomic mass is 28.4. The maximum atomic E-state index is 11.7. The van der Waals surface area contributed by atoms with E-state index in [9.17, 15) is 19.2 Å². The molecule has 0 aliphatic rings. The summed E-state index contributed by atoms with van der Waals surface area (Å²) in [5, 5.41) is 0. The first-order chi connectivity index (χ1) is 19.6. The summed E-state index contributed by atoms with van der Waals surface area (Å²) in [5.74, 6) is -2.50. The van der Waals surface area contributed by atoms with Gasteiger partial charge in [-0.1, -0.05) is 26.3 Å². The minimum absolute atomic E-state index is 0.0461. The zero-order valence-electron chi connectivity index (χ0n) is 25.8. The maximum absolute atomic E-state index is 11.7. The summed E-state index contributed by atoms with van der Waals surface area (Å²) in [6.45, 7) is 24.4. The minimum Gasteiger partial charge on any atom is -0.458 e. The van der Waals surface area contributed by atoms with Gasteiger partial charge in [0.2, 0.25) is 0 Å². The Balaban J connectivity index is 4.58. The van der Waals surface area contributed by atoms with Crippen LogP contribution in [-0.2, 0) is 51.7 Å². The molecule has 0 spiro atoms. The molecule has 11 nitrogen and oxygen atoms in total. The Labute approximate surface area is 252 Å². The van der Waals surface area contributed by atoms with Crippen LogP contribution in [-0.4, -0.2) is 91.9 Å². The summed E-state index contributed by atoms with van der Waals surface area (Å²) in [6, 6.07) is 1.74. The van der Waals surface area contributed by atoms with Crippen LogP contribution in [0.2, 0.25) is 38.3 Å². The van der Waals surface area contributed by atoms with Gasteiger partial charge in [0.15, 0.2) is 28.3 Å². The monoisotopic (exact) mass is 628 g/mol. The van der Waals surface area contributed by atoms with Gasteiger partial charge in [0, 0.05) is 37.5 Å². The third kappa shape index (κ3) is 19.3. The summed E-state index contributed by atoms with van der Waals surface area (Å²) in [5.41, 5.74) is -1.16. The fourth-order valence-electron chi connectivity index (χ4n) is 3.78. The molecule has 0 amide bonds. The first-order valence-electron chi connectivity index (χ1n) is 13.7. The highest BCUT2D eigenvalue weighted by molar-refractivity contribution is 6.84. The molecular formula is C29H48O11Si2. The van der Waals surface area contributed by atoms with E-state index in [1.807, 2.05) is 0 Å². The van der Waals surface area contributed by atoms with Crippen molar-refractivity contribution < 1.29 is 51.7 Å². The van der Waals surface area contributed by atoms with Crippen molar-refractivity contribution >= 4 is 40.5 Å². The lowest BCUT2D eigenvalue weighted by molar-refractivity contribution is -0.171. The molecule has 2 atom stereocenters. The molecule has 0 aliphatic carbocycles. The average molecular weight is 629 g/mol. The van der Waals surface area contributed by atoms with E-state index in [0.717, 1.165) is 49.2 Å². The Morgan fingerprint density at radius 2 is 1.19 bits per heavy atom. The number of esters is 4. The summed E-state index contributed by atoms with van der Waals surface area (Å²) >= 11 is 0. The van der Waals surface area contributed by atoms with E-state index in [-0.39, 0.29) is 26.4 Å². The van der Waals surface area contributed by atoms with Crippen LogP contribution in [0.3, 0.4) is 0 Å². The summed E-state index contributed by atoms with van der Waals surface area (Å²) in [4.78, 5) is 46.0. The van der Waals surface area contributed by atoms with Crippen molar-refractivity contribution in [3.05, 3.63) is 50.6 Å². The predicted molar refractivity (Wildman–Crippen MR) is 164 cm³/mol. The number of hydrogen-bond donors (Lipinski definition) is 0. The Hall–Kier alpha value is -2.85. The lowest BCUT2D eigenvalue weighted by atomic mass is 10.1. The molecule has 0 bridgehead atoms. The maximum Gasteiger partial charge on any atom is 0.330 e. The summed E-state index contributed by atoms with van der Waals surface area (Å²) < 4.78 is 38.7. The van der Waals surface area contributed by atoms with Gasteiger partial charge in [-0.3, -0.25) is 0 Å². The van der Waals surface area contributed by atoms with Crippen LogP contribution in [0, 0.1) is 0 Å². The lowest BCUT2D eigenvalue weighted by Crippen LogP contribution is -2.44. The Morgan fingerprint density at radius 3 is 1.71 bits per heavy atom. The van der Waals surface area contributed by atoms with Crippen molar-refractivity contribution in [2.45, 2.75) is 69.7 Å². The van der Waals surface area contributed by atoms with Gasteiger partial charge in [-0.25, -0.2) is 19.2 Å². The number of carbonyl (C=O) groups is 4. The van der Waals surface area contributed by atoms with Crippen molar-refractivity contribution in [3.8, 4) is 0 Å². The van der Waals surface area contributed by atoms with Gasteiger partial charge >= 0.3 is 23.9 Å². The fraction of sp³-hybridized carbons (Fsp3) is 0.586. The molecule has 0 aromatic rings. The predicted octanol–water partition coefficient (Wildman–Crippen LogP) is 4.27. The minimum atomic E-state index is -2.00. The third-order valence-corrected chi connectivity index (χ3v) is 13.2. The Kier molecular flexibility index (Phi) is 18.8. The first-order valence-corrected chi connectivity index (χ1v) is 20.0. The second-order valence-corrected chi connectivity index (χ2v) is 19.8. The van der Waals surface area contributed by atoms with E-state index in [0.29, 0.717) is 13.2 Å². The molecule has 0 saturated heterocycles. The highest BCUT2D eigenvalue weighted by Crippen LogP contribution is 2.24. The molecule has 0 rings (SSSR count). The van der Waals surface area contributed by atoms with Crippen LogP contribution in [0.1, 0.15) is 19.8 Å². The molecule has 2 unspecified atom stereocenters. The normalized spacial score (nSPS) is 13.5. The standard InChI is InChI=1S/C29H48O11Si2/c1-10-25(30)36-21-24(38-27(32)12-3)20-34-16-14-18-41(6,7)40-42(8,9)19-15-17-35-22-29(5,39-28(33)13-4)23-37-26(31)11-2/h10-13,24H,1-4,14-23H2,5-9H3. The van der Waals surface area contributed by atoms with Gasteiger partial charge in [-0.05, 0) is 58.0 Å². The van der Waals surface area contributed by atoms with Crippen LogP contribution in [0.5, 0.6) is 0 Å². The highest BCUT2D eigenvalue weighted by Gasteiger charge is 2.33. The third-order valence-electron chi connectivity index (χ3n) is 5.63. The van der Waals surface area contributed by atoms with E-state index in [2.05, 4.69) is 52.5 Å². The van der Waals surface area contributed by atoms with E-state index in [4.69, 9.17) is 32.5 Å². The summed E-state index contributed by atoms with van der Waals surface area (Å²) in [6.07, 6.45) is 4.91. The van der Waals surface area contributed by atoms with Crippen molar-refractivity contribution in [2.75, 3.05) is 39.6 Å². The zero-order valence-corrected chi connectivity index (χ0v) is 27.8. The second kappa shape index (κ2) is 20.1. The Bertz CT molecular complexity index is 933. The molecule has 0 heterocycles. The molecular weight excluding hydrogens is 580 g/mol. The molecule has 0 aliphatic heterocycles. The van der Waals surface area contributed by atoms with Gasteiger partial charge in [-0.2, -0.15) is 0 Å². The lowest BCUT2D eigenvalue weighted by Gasteiger charge is -2.34. The second-order valence-electron chi connectivity index (χ2n) is 10.9. The van der Waals surface area contributed by atoms with E-state index < -0.39 is 52.2 Å². The quantitative estimate of drug-likeness (QED) is 0.0499. The topological polar surface area (TPSA) is 133 Å². The van der Waals surface area contributed by atoms with E-state index >= 15 is 0 Å². The van der Waals surface area contributed by atoms with E-state index in [1.54, 1.807) is 6.92 Å². The van der Waals surface area contributed by atoms with Crippen LogP contribution in [0.15, 0.2) is 50.6 Å². The van der Waals surface area contributed by atoms with Crippen molar-refractivity contribution in [1.82, 2.24) is 0 Å². The van der Waals surface area contributed by atoms with Gasteiger partial charge in [0.05, 0.1) is 13.2 Å². The smallest absolute Gasteiger partial charge is 0.330 e. The number of rotatable bonds is 24. The fourth-order valence-corrected chi connectivity index (χ4v) is 12.6. The zero-order chi connectivity index (χ0) is 32.2. The average Bonchev–Trinajstić information content (AvgIpc) is 2.92. The molecule has 0 saturated carbocycles. The number of ether oxygens (including phenoxy) is 6. The molecule has 13 heteroatoms. The molecule has 0 fully saturated rings. The van der Waals surface area contributed by atoms with Gasteiger partial charge in [-0.15, -0.1) is 0 Å². The van der Waals surface area contributed by atoms with Crippen molar-refractivity contribution in [3.63, 3.8) is 0 Å². The molecule has 238 valence electrons. The molecule has 0 aromatic heterocycles. The van der Waals surface area contributed by atoms with Gasteiger partial charge in [0.25, 0.3) is 0 Å².